The molecule has 1 saturated carbocycles. The summed E-state index contributed by atoms with van der Waals surface area (Å²) < 4.78 is 10.7. The molecule has 26 heavy (non-hydrogen) atoms. The second kappa shape index (κ2) is 8.89. The smallest absolute Gasteiger partial charge is 0.323 e. The molecule has 3 atom stereocenters. The first-order chi connectivity index (χ1) is 12.3. The van der Waals surface area contributed by atoms with E-state index in [0.717, 1.165) is 25.7 Å². The number of aromatic hydroxyl groups is 2. The topological polar surface area (TPSA) is 119 Å². The fourth-order valence-corrected chi connectivity index (χ4v) is 2.94. The number of carbonyl (C=O) groups excluding carboxylic acids is 2. The van der Waals surface area contributed by atoms with Gasteiger partial charge in [0.1, 0.15) is 18.2 Å². The summed E-state index contributed by atoms with van der Waals surface area (Å²) in [5, 5.41) is 18.8. The minimum absolute atomic E-state index is 0.0511. The molecular weight excluding hydrogens is 338 g/mol. The van der Waals surface area contributed by atoms with Crippen LogP contribution in [0.5, 0.6) is 11.5 Å². The molecule has 1 aromatic carbocycles. The van der Waals surface area contributed by atoms with Gasteiger partial charge in [0.2, 0.25) is 0 Å². The highest BCUT2D eigenvalue weighted by Gasteiger charge is 2.29. The summed E-state index contributed by atoms with van der Waals surface area (Å²) in [7, 11) is 0. The van der Waals surface area contributed by atoms with E-state index in [0.29, 0.717) is 5.56 Å². The number of nitrogens with two attached hydrogens (primary N) is 1. The van der Waals surface area contributed by atoms with Gasteiger partial charge in [0.05, 0.1) is 5.92 Å². The van der Waals surface area contributed by atoms with Gasteiger partial charge in [0, 0.05) is 0 Å². The van der Waals surface area contributed by atoms with Gasteiger partial charge in [-0.3, -0.25) is 9.59 Å². The maximum atomic E-state index is 12.2. The van der Waals surface area contributed by atoms with Crippen molar-refractivity contribution in [3.63, 3.8) is 0 Å². The number of phenolic OH excluding ortho intramolecular Hbond substituents is 2. The quantitative estimate of drug-likeness (QED) is 0.499. The van der Waals surface area contributed by atoms with Gasteiger partial charge in [0.25, 0.3) is 0 Å². The number of ether oxygens (including phenoxy) is 2. The van der Waals surface area contributed by atoms with Gasteiger partial charge in [0.15, 0.2) is 11.5 Å². The van der Waals surface area contributed by atoms with Crippen molar-refractivity contribution in [1.29, 1.82) is 0 Å². The molecule has 7 heteroatoms. The summed E-state index contributed by atoms with van der Waals surface area (Å²) in [4.78, 5) is 24.2. The Bertz CT molecular complexity index is 641. The van der Waals surface area contributed by atoms with Crippen LogP contribution in [-0.2, 0) is 25.5 Å². The average molecular weight is 365 g/mol. The van der Waals surface area contributed by atoms with Crippen LogP contribution < -0.4 is 5.73 Å². The SMILES string of the molecule is C[C@H](OC(=O)[C@@H](N)Cc1ccc(O)c(O)c1)[C@@H](C)OC(=O)C1CCCC1. The number of esters is 2. The van der Waals surface area contributed by atoms with Gasteiger partial charge in [-0.2, -0.15) is 0 Å². The van der Waals surface area contributed by atoms with Gasteiger partial charge < -0.3 is 25.4 Å². The standard InChI is InChI=1S/C19H27NO6/c1-11(25-18(23)14-5-3-4-6-14)12(2)26-19(24)15(20)9-13-7-8-16(21)17(22)10-13/h7-8,10-12,14-15,21-22H,3-6,9,20H2,1-2H3/t11-,12+,15+/m1/s1. The highest BCUT2D eigenvalue weighted by atomic mass is 16.6. The molecule has 2 rings (SSSR count). The third kappa shape index (κ3) is 5.36. The van der Waals surface area contributed by atoms with E-state index in [1.807, 2.05) is 0 Å². The van der Waals surface area contributed by atoms with Crippen LogP contribution in [0.25, 0.3) is 0 Å². The lowest BCUT2D eigenvalue weighted by Gasteiger charge is -2.23. The van der Waals surface area contributed by atoms with Crippen LogP contribution >= 0.6 is 0 Å². The highest BCUT2D eigenvalue weighted by Crippen LogP contribution is 2.27. The zero-order valence-electron chi connectivity index (χ0n) is 15.2. The summed E-state index contributed by atoms with van der Waals surface area (Å²) in [6.45, 7) is 3.35. The first kappa shape index (κ1) is 20.0. The highest BCUT2D eigenvalue weighted by molar-refractivity contribution is 5.76. The average Bonchev–Trinajstić information content (AvgIpc) is 3.12. The third-order valence-corrected chi connectivity index (χ3v) is 4.75. The predicted octanol–water partition coefficient (Wildman–Crippen LogP) is 2.02. The number of carbonyl (C=O) groups is 2. The van der Waals surface area contributed by atoms with Gasteiger partial charge in [-0.15, -0.1) is 0 Å². The Morgan fingerprint density at radius 3 is 2.35 bits per heavy atom. The van der Waals surface area contributed by atoms with E-state index in [9.17, 15) is 19.8 Å². The van der Waals surface area contributed by atoms with Crippen molar-refractivity contribution in [2.45, 2.75) is 64.2 Å². The Hall–Kier alpha value is -2.28. The van der Waals surface area contributed by atoms with Gasteiger partial charge in [-0.05, 0) is 50.8 Å². The minimum atomic E-state index is -0.931. The maximum absolute atomic E-state index is 12.2. The molecule has 0 aliphatic heterocycles. The molecule has 0 radical (unpaired) electrons. The Kier molecular flexibility index (Phi) is 6.85. The molecule has 1 aliphatic carbocycles. The van der Waals surface area contributed by atoms with Crippen LogP contribution in [0, 0.1) is 5.92 Å². The number of rotatable bonds is 7. The van der Waals surface area contributed by atoms with E-state index in [2.05, 4.69) is 0 Å². The molecule has 0 unspecified atom stereocenters. The fourth-order valence-electron chi connectivity index (χ4n) is 2.94. The van der Waals surface area contributed by atoms with Gasteiger partial charge >= 0.3 is 11.9 Å². The number of phenols is 2. The van der Waals surface area contributed by atoms with Gasteiger partial charge in [-0.25, -0.2) is 0 Å². The fraction of sp³-hybridized carbons (Fsp3) is 0.579. The maximum Gasteiger partial charge on any atom is 0.323 e. The summed E-state index contributed by atoms with van der Waals surface area (Å²) in [5.41, 5.74) is 6.46. The predicted molar refractivity (Wildman–Crippen MR) is 94.5 cm³/mol. The molecule has 1 aromatic rings. The van der Waals surface area contributed by atoms with Crippen LogP contribution in [0.4, 0.5) is 0 Å². The van der Waals surface area contributed by atoms with Crippen molar-refractivity contribution in [3.05, 3.63) is 23.8 Å². The van der Waals surface area contributed by atoms with E-state index < -0.39 is 24.2 Å². The van der Waals surface area contributed by atoms with Crippen molar-refractivity contribution in [2.75, 3.05) is 0 Å². The lowest BCUT2D eigenvalue weighted by atomic mass is 10.1. The van der Waals surface area contributed by atoms with E-state index in [1.54, 1.807) is 19.9 Å². The molecule has 0 bridgehead atoms. The van der Waals surface area contributed by atoms with Crippen molar-refractivity contribution in [1.82, 2.24) is 0 Å². The molecule has 7 nitrogen and oxygen atoms in total. The largest absolute Gasteiger partial charge is 0.504 e. The Balaban J connectivity index is 1.82. The van der Waals surface area contributed by atoms with E-state index in [1.165, 1.54) is 12.1 Å². The lowest BCUT2D eigenvalue weighted by Crippen LogP contribution is -2.40. The van der Waals surface area contributed by atoms with E-state index >= 15 is 0 Å². The molecule has 1 fully saturated rings. The molecule has 0 heterocycles. The molecule has 0 aromatic heterocycles. The molecule has 1 aliphatic rings. The lowest BCUT2D eigenvalue weighted by molar-refractivity contribution is -0.168. The minimum Gasteiger partial charge on any atom is -0.504 e. The number of hydrogen-bond acceptors (Lipinski definition) is 7. The third-order valence-electron chi connectivity index (χ3n) is 4.75. The van der Waals surface area contributed by atoms with Crippen LogP contribution in [0.1, 0.15) is 45.1 Å². The zero-order valence-corrected chi connectivity index (χ0v) is 15.2. The first-order valence-corrected chi connectivity index (χ1v) is 8.95. The monoisotopic (exact) mass is 365 g/mol. The molecule has 0 saturated heterocycles. The van der Waals surface area contributed by atoms with Crippen molar-refractivity contribution >= 4 is 11.9 Å². The number of benzene rings is 1. The van der Waals surface area contributed by atoms with Crippen LogP contribution in [0.2, 0.25) is 0 Å². The van der Waals surface area contributed by atoms with Crippen molar-refractivity contribution in [3.8, 4) is 11.5 Å². The van der Waals surface area contributed by atoms with Crippen LogP contribution in [-0.4, -0.2) is 40.4 Å². The summed E-state index contributed by atoms with van der Waals surface area (Å²) >= 11 is 0. The Morgan fingerprint density at radius 1 is 1.12 bits per heavy atom. The normalized spacial score (nSPS) is 18.1. The Labute approximate surface area is 153 Å². The van der Waals surface area contributed by atoms with Crippen LogP contribution in [0.15, 0.2) is 18.2 Å². The molecule has 144 valence electrons. The summed E-state index contributed by atoms with van der Waals surface area (Å²) in [6, 6.07) is 3.31. The van der Waals surface area contributed by atoms with Crippen LogP contribution in [0.3, 0.4) is 0 Å². The van der Waals surface area contributed by atoms with Crippen molar-refractivity contribution in [2.24, 2.45) is 11.7 Å². The summed E-state index contributed by atoms with van der Waals surface area (Å²) in [5.74, 6) is -1.42. The summed E-state index contributed by atoms with van der Waals surface area (Å²) in [6.07, 6.45) is 2.76. The molecule has 0 amide bonds. The number of hydrogen-bond donors (Lipinski definition) is 3. The molecular formula is C19H27NO6. The second-order valence-electron chi connectivity index (χ2n) is 6.90. The van der Waals surface area contributed by atoms with E-state index in [-0.39, 0.29) is 29.8 Å². The molecule has 0 spiro atoms. The van der Waals surface area contributed by atoms with Crippen molar-refractivity contribution < 1.29 is 29.3 Å². The van der Waals surface area contributed by atoms with E-state index in [4.69, 9.17) is 15.2 Å². The van der Waals surface area contributed by atoms with Gasteiger partial charge in [-0.1, -0.05) is 18.9 Å². The zero-order chi connectivity index (χ0) is 19.3. The Morgan fingerprint density at radius 2 is 1.73 bits per heavy atom. The first-order valence-electron chi connectivity index (χ1n) is 8.95. The second-order valence-corrected chi connectivity index (χ2v) is 6.90. The molecule has 4 N–H and O–H groups in total.